The van der Waals surface area contributed by atoms with E-state index in [-0.39, 0.29) is 25.2 Å². The highest BCUT2D eigenvalue weighted by molar-refractivity contribution is 9.11. The van der Waals surface area contributed by atoms with Crippen molar-refractivity contribution >= 4 is 44.0 Å². The molecule has 1 aliphatic heterocycles. The predicted molar refractivity (Wildman–Crippen MR) is 114 cm³/mol. The van der Waals surface area contributed by atoms with Gasteiger partial charge in [0.2, 0.25) is 6.79 Å². The Morgan fingerprint density at radius 2 is 2.04 bits per heavy atom. The van der Waals surface area contributed by atoms with Gasteiger partial charge < -0.3 is 14.2 Å². The van der Waals surface area contributed by atoms with Gasteiger partial charge in [0, 0.05) is 4.47 Å². The number of benzene rings is 2. The average Bonchev–Trinajstić information content (AvgIpc) is 3.13. The van der Waals surface area contributed by atoms with Crippen molar-refractivity contribution in [3.05, 3.63) is 49.9 Å². The van der Waals surface area contributed by atoms with Crippen molar-refractivity contribution in [2.24, 2.45) is 5.10 Å². The number of halogens is 2. The second kappa shape index (κ2) is 8.96. The summed E-state index contributed by atoms with van der Waals surface area (Å²) in [4.78, 5) is 12.1. The molecule has 148 valence electrons. The van der Waals surface area contributed by atoms with Gasteiger partial charge in [-0.05, 0) is 69.7 Å². The lowest BCUT2D eigenvalue weighted by molar-refractivity contribution is -0.123. The van der Waals surface area contributed by atoms with E-state index >= 15 is 0 Å². The maximum atomic E-state index is 12.1. The number of nitrogens with one attached hydrogen (secondary N) is 1. The number of carbonyl (C=O) groups excluding carboxylic acids is 1. The minimum Gasteiger partial charge on any atom is -0.482 e. The lowest BCUT2D eigenvalue weighted by Crippen LogP contribution is -2.25. The number of amides is 1. The normalized spacial score (nSPS) is 12.6. The van der Waals surface area contributed by atoms with E-state index in [4.69, 9.17) is 14.2 Å². The number of nitrogens with zero attached hydrogens (tertiary/aromatic N) is 1. The Kier molecular flexibility index (Phi) is 6.61. The quantitative estimate of drug-likeness (QED) is 0.442. The smallest absolute Gasteiger partial charge is 0.277 e. The number of rotatable bonds is 6. The summed E-state index contributed by atoms with van der Waals surface area (Å²) >= 11 is 7.12. The SMILES string of the molecule is Cc1c(Br)cc(C(C)C)c(OCC(=O)N/N=C\c2ccc3c(c2)OCO3)c1Br. The lowest BCUT2D eigenvalue weighted by atomic mass is 10.0. The minimum absolute atomic E-state index is 0.141. The minimum atomic E-state index is -0.348. The predicted octanol–water partition coefficient (Wildman–Crippen LogP) is 4.90. The standard InChI is InChI=1S/C20H20Br2N2O4/c1-11(2)14-7-15(21)12(3)19(22)20(14)26-9-18(25)24-23-8-13-4-5-16-17(6-13)28-10-27-16/h4-8,11H,9-10H2,1-3H3,(H,24,25)/b23-8-. The van der Waals surface area contributed by atoms with Crippen LogP contribution in [0.1, 0.15) is 36.5 Å². The zero-order chi connectivity index (χ0) is 20.3. The third kappa shape index (κ3) is 4.67. The first-order chi connectivity index (χ1) is 13.4. The molecule has 0 atom stereocenters. The first kappa shape index (κ1) is 20.7. The number of fused-ring (bicyclic) bond motifs is 1. The number of ether oxygens (including phenoxy) is 3. The van der Waals surface area contributed by atoms with Crippen molar-refractivity contribution in [3.63, 3.8) is 0 Å². The van der Waals surface area contributed by atoms with Gasteiger partial charge in [-0.1, -0.05) is 29.8 Å². The van der Waals surface area contributed by atoms with Gasteiger partial charge in [0.25, 0.3) is 5.91 Å². The van der Waals surface area contributed by atoms with E-state index in [0.717, 1.165) is 25.6 Å². The number of hydrazone groups is 1. The first-order valence-electron chi connectivity index (χ1n) is 8.69. The molecular formula is C20H20Br2N2O4. The number of hydrogen-bond donors (Lipinski definition) is 1. The highest BCUT2D eigenvalue weighted by Gasteiger charge is 2.17. The molecule has 0 spiro atoms. The van der Waals surface area contributed by atoms with Crippen molar-refractivity contribution < 1.29 is 19.0 Å². The zero-order valence-electron chi connectivity index (χ0n) is 15.7. The molecule has 3 rings (SSSR count). The molecule has 0 saturated heterocycles. The number of carbonyl (C=O) groups is 1. The Hall–Kier alpha value is -2.06. The molecule has 0 fully saturated rings. The molecule has 0 bridgehead atoms. The van der Waals surface area contributed by atoms with Gasteiger partial charge in [-0.25, -0.2) is 5.43 Å². The zero-order valence-corrected chi connectivity index (χ0v) is 18.9. The largest absolute Gasteiger partial charge is 0.482 e. The molecule has 2 aromatic rings. The Bertz CT molecular complexity index is 929. The van der Waals surface area contributed by atoms with Crippen molar-refractivity contribution in [1.82, 2.24) is 5.43 Å². The second-order valence-electron chi connectivity index (χ2n) is 6.56. The van der Waals surface area contributed by atoms with Gasteiger partial charge in [0.05, 0.1) is 10.7 Å². The number of hydrogen-bond acceptors (Lipinski definition) is 5. The fraction of sp³-hybridized carbons (Fsp3) is 0.300. The average molecular weight is 512 g/mol. The van der Waals surface area contributed by atoms with Crippen LogP contribution in [0, 0.1) is 6.92 Å². The van der Waals surface area contributed by atoms with Gasteiger partial charge >= 0.3 is 0 Å². The highest BCUT2D eigenvalue weighted by atomic mass is 79.9. The molecule has 0 saturated carbocycles. The van der Waals surface area contributed by atoms with Crippen molar-refractivity contribution in [2.45, 2.75) is 26.7 Å². The van der Waals surface area contributed by atoms with Crippen LogP contribution in [-0.4, -0.2) is 25.5 Å². The van der Waals surface area contributed by atoms with Crippen molar-refractivity contribution in [3.8, 4) is 17.2 Å². The summed E-state index contributed by atoms with van der Waals surface area (Å²) in [7, 11) is 0. The molecule has 1 heterocycles. The molecule has 1 amide bonds. The summed E-state index contributed by atoms with van der Waals surface area (Å²) < 4.78 is 18.2. The van der Waals surface area contributed by atoms with Crippen LogP contribution in [0.4, 0.5) is 0 Å². The molecule has 0 radical (unpaired) electrons. The van der Waals surface area contributed by atoms with E-state index in [0.29, 0.717) is 17.2 Å². The molecule has 0 aliphatic carbocycles. The van der Waals surface area contributed by atoms with E-state index < -0.39 is 0 Å². The highest BCUT2D eigenvalue weighted by Crippen LogP contribution is 2.40. The third-order valence-corrected chi connectivity index (χ3v) is 5.98. The summed E-state index contributed by atoms with van der Waals surface area (Å²) in [6, 6.07) is 7.45. The summed E-state index contributed by atoms with van der Waals surface area (Å²) in [6.45, 7) is 6.20. The van der Waals surface area contributed by atoms with E-state index in [1.54, 1.807) is 18.3 Å². The maximum Gasteiger partial charge on any atom is 0.277 e. The summed E-state index contributed by atoms with van der Waals surface area (Å²) in [5, 5.41) is 3.97. The Morgan fingerprint density at radius 1 is 1.29 bits per heavy atom. The molecule has 0 unspecified atom stereocenters. The summed E-state index contributed by atoms with van der Waals surface area (Å²) in [5.41, 5.74) is 5.29. The molecule has 1 N–H and O–H groups in total. The van der Waals surface area contributed by atoms with Gasteiger partial charge in [-0.15, -0.1) is 0 Å². The van der Waals surface area contributed by atoms with Crippen LogP contribution >= 0.6 is 31.9 Å². The van der Waals surface area contributed by atoms with Crippen LogP contribution in [0.2, 0.25) is 0 Å². The summed E-state index contributed by atoms with van der Waals surface area (Å²) in [5.74, 6) is 1.93. The van der Waals surface area contributed by atoms with Gasteiger partial charge in [0.1, 0.15) is 5.75 Å². The van der Waals surface area contributed by atoms with Crippen LogP contribution in [0.5, 0.6) is 17.2 Å². The van der Waals surface area contributed by atoms with Gasteiger partial charge in [-0.3, -0.25) is 4.79 Å². The van der Waals surface area contributed by atoms with Crippen LogP contribution in [0.25, 0.3) is 0 Å². The molecule has 2 aromatic carbocycles. The topological polar surface area (TPSA) is 69.2 Å². The fourth-order valence-electron chi connectivity index (χ4n) is 2.63. The Labute approximate surface area is 180 Å². The lowest BCUT2D eigenvalue weighted by Gasteiger charge is -2.18. The van der Waals surface area contributed by atoms with E-state index in [1.165, 1.54) is 0 Å². The van der Waals surface area contributed by atoms with Crippen molar-refractivity contribution in [2.75, 3.05) is 13.4 Å². The van der Waals surface area contributed by atoms with Crippen molar-refractivity contribution in [1.29, 1.82) is 0 Å². The molecule has 1 aliphatic rings. The molecular weight excluding hydrogens is 492 g/mol. The fourth-order valence-corrected chi connectivity index (χ4v) is 3.90. The van der Waals surface area contributed by atoms with Gasteiger partial charge in [-0.2, -0.15) is 5.10 Å². The Balaban J connectivity index is 1.61. The van der Waals surface area contributed by atoms with Gasteiger partial charge in [0.15, 0.2) is 18.1 Å². The first-order valence-corrected chi connectivity index (χ1v) is 10.3. The molecule has 8 heteroatoms. The Morgan fingerprint density at radius 3 is 2.79 bits per heavy atom. The summed E-state index contributed by atoms with van der Waals surface area (Å²) in [6.07, 6.45) is 1.54. The monoisotopic (exact) mass is 510 g/mol. The van der Waals surface area contributed by atoms with E-state index in [1.807, 2.05) is 19.1 Å². The molecule has 28 heavy (non-hydrogen) atoms. The van der Waals surface area contributed by atoms with Crippen LogP contribution in [0.3, 0.4) is 0 Å². The van der Waals surface area contributed by atoms with Crippen LogP contribution < -0.4 is 19.6 Å². The molecule has 6 nitrogen and oxygen atoms in total. The van der Waals surface area contributed by atoms with E-state index in [2.05, 4.69) is 56.2 Å². The van der Waals surface area contributed by atoms with Crippen LogP contribution in [-0.2, 0) is 4.79 Å². The van der Waals surface area contributed by atoms with Crippen LogP contribution in [0.15, 0.2) is 38.3 Å². The second-order valence-corrected chi connectivity index (χ2v) is 8.21. The maximum absolute atomic E-state index is 12.1. The molecule has 0 aromatic heterocycles. The third-order valence-electron chi connectivity index (χ3n) is 4.20. The van der Waals surface area contributed by atoms with E-state index in [9.17, 15) is 4.79 Å².